The molecule has 1 fully saturated rings. The fraction of sp³-hybridized carbons (Fsp3) is 0.375. The Morgan fingerprint density at radius 2 is 2.32 bits per heavy atom. The van der Waals surface area contributed by atoms with E-state index in [1.165, 1.54) is 17.4 Å². The van der Waals surface area contributed by atoms with Crippen molar-refractivity contribution in [2.24, 2.45) is 0 Å². The molecule has 0 unspecified atom stereocenters. The standard InChI is InChI=1S/C16H17N5O3S/c1-24-12-4-2-3-10(12)18-13-7-11(16(22)23)19-14(20-13)9-8-17-21-5-6-25-15(9)21/h5-8,10,12H,2-4H2,1H3,(H,22,23)(H,18,19,20)/t10-,12-/m0/s1. The quantitative estimate of drug-likeness (QED) is 0.722. The van der Waals surface area contributed by atoms with E-state index in [2.05, 4.69) is 20.4 Å². The second kappa shape index (κ2) is 6.41. The van der Waals surface area contributed by atoms with Crippen LogP contribution in [0.2, 0.25) is 0 Å². The molecule has 8 nitrogen and oxygen atoms in total. The van der Waals surface area contributed by atoms with Crippen molar-refractivity contribution in [3.63, 3.8) is 0 Å². The predicted molar refractivity (Wildman–Crippen MR) is 93.1 cm³/mol. The van der Waals surface area contributed by atoms with Crippen LogP contribution in [0.1, 0.15) is 29.8 Å². The molecule has 0 aliphatic heterocycles. The highest BCUT2D eigenvalue weighted by Crippen LogP contribution is 2.28. The molecule has 0 radical (unpaired) electrons. The molecule has 0 amide bonds. The van der Waals surface area contributed by atoms with Crippen molar-refractivity contribution >= 4 is 28.0 Å². The molecule has 3 aromatic rings. The molecule has 1 aliphatic carbocycles. The van der Waals surface area contributed by atoms with Gasteiger partial charge in [0.1, 0.15) is 10.6 Å². The summed E-state index contributed by atoms with van der Waals surface area (Å²) in [6.45, 7) is 0. The lowest BCUT2D eigenvalue weighted by atomic mass is 10.2. The summed E-state index contributed by atoms with van der Waals surface area (Å²) in [6.07, 6.45) is 6.61. The third-order valence-corrected chi connectivity index (χ3v) is 5.29. The number of rotatable bonds is 5. The van der Waals surface area contributed by atoms with Gasteiger partial charge in [-0.05, 0) is 19.3 Å². The average Bonchev–Trinajstić information content (AvgIpc) is 3.30. The van der Waals surface area contributed by atoms with Gasteiger partial charge < -0.3 is 15.2 Å². The van der Waals surface area contributed by atoms with Crippen LogP contribution in [-0.4, -0.2) is 49.9 Å². The number of hydrogen-bond acceptors (Lipinski definition) is 7. The topological polar surface area (TPSA) is 102 Å². The first-order valence-electron chi connectivity index (χ1n) is 7.98. The fourth-order valence-corrected chi connectivity index (χ4v) is 3.99. The third-order valence-electron chi connectivity index (χ3n) is 4.41. The van der Waals surface area contributed by atoms with Crippen molar-refractivity contribution in [1.82, 2.24) is 19.6 Å². The lowest BCUT2D eigenvalue weighted by molar-refractivity contribution is 0.0690. The second-order valence-corrected chi connectivity index (χ2v) is 6.83. The smallest absolute Gasteiger partial charge is 0.354 e. The Hall–Kier alpha value is -2.52. The van der Waals surface area contributed by atoms with E-state index in [-0.39, 0.29) is 17.8 Å². The average molecular weight is 359 g/mol. The lowest BCUT2D eigenvalue weighted by Gasteiger charge is -2.20. The summed E-state index contributed by atoms with van der Waals surface area (Å²) in [7, 11) is 1.69. The minimum atomic E-state index is -1.09. The number of aromatic carboxylic acids is 1. The maximum Gasteiger partial charge on any atom is 0.354 e. The molecule has 3 heterocycles. The van der Waals surface area contributed by atoms with Gasteiger partial charge in [0.15, 0.2) is 11.5 Å². The van der Waals surface area contributed by atoms with Crippen molar-refractivity contribution in [2.45, 2.75) is 31.4 Å². The van der Waals surface area contributed by atoms with Gasteiger partial charge in [-0.2, -0.15) is 5.10 Å². The summed E-state index contributed by atoms with van der Waals surface area (Å²) < 4.78 is 7.21. The van der Waals surface area contributed by atoms with E-state index >= 15 is 0 Å². The lowest BCUT2D eigenvalue weighted by Crippen LogP contribution is -2.30. The molecule has 1 saturated carbocycles. The van der Waals surface area contributed by atoms with Gasteiger partial charge in [0.05, 0.1) is 23.9 Å². The van der Waals surface area contributed by atoms with E-state index in [0.717, 1.165) is 29.7 Å². The van der Waals surface area contributed by atoms with Crippen LogP contribution in [0, 0.1) is 0 Å². The monoisotopic (exact) mass is 359 g/mol. The normalized spacial score (nSPS) is 20.2. The van der Waals surface area contributed by atoms with Gasteiger partial charge in [-0.3, -0.25) is 0 Å². The zero-order valence-corrected chi connectivity index (χ0v) is 14.4. The van der Waals surface area contributed by atoms with Gasteiger partial charge in [0.25, 0.3) is 0 Å². The molecule has 0 spiro atoms. The first-order valence-corrected chi connectivity index (χ1v) is 8.86. The molecule has 1 aliphatic rings. The van der Waals surface area contributed by atoms with E-state index in [1.807, 2.05) is 11.6 Å². The van der Waals surface area contributed by atoms with E-state index in [4.69, 9.17) is 4.74 Å². The summed E-state index contributed by atoms with van der Waals surface area (Å²) >= 11 is 1.51. The number of carboxylic acids is 1. The van der Waals surface area contributed by atoms with Crippen LogP contribution < -0.4 is 5.32 Å². The van der Waals surface area contributed by atoms with Crippen LogP contribution in [0.4, 0.5) is 5.82 Å². The number of aromatic nitrogens is 4. The first-order chi connectivity index (χ1) is 12.2. The molecule has 2 N–H and O–H groups in total. The minimum Gasteiger partial charge on any atom is -0.477 e. The predicted octanol–water partition coefficient (Wildman–Crippen LogP) is 2.53. The van der Waals surface area contributed by atoms with Crippen LogP contribution in [0.5, 0.6) is 0 Å². The summed E-state index contributed by atoms with van der Waals surface area (Å²) in [5.41, 5.74) is 0.672. The number of nitrogens with one attached hydrogen (secondary N) is 1. The minimum absolute atomic E-state index is 0.0460. The number of anilines is 1. The van der Waals surface area contributed by atoms with E-state index in [0.29, 0.717) is 11.6 Å². The number of carbonyl (C=O) groups is 1. The van der Waals surface area contributed by atoms with Crippen molar-refractivity contribution < 1.29 is 14.6 Å². The van der Waals surface area contributed by atoms with E-state index in [1.54, 1.807) is 17.8 Å². The second-order valence-electron chi connectivity index (χ2n) is 5.93. The number of fused-ring (bicyclic) bond motifs is 1. The molecule has 2 atom stereocenters. The Balaban J connectivity index is 1.73. The first kappa shape index (κ1) is 16.0. The number of ether oxygens (including phenoxy) is 1. The van der Waals surface area contributed by atoms with Crippen LogP contribution >= 0.6 is 11.3 Å². The van der Waals surface area contributed by atoms with Crippen molar-refractivity contribution in [3.8, 4) is 11.4 Å². The number of carboxylic acid groups (broad SMARTS) is 1. The van der Waals surface area contributed by atoms with Crippen molar-refractivity contribution in [3.05, 3.63) is 29.5 Å². The summed E-state index contributed by atoms with van der Waals surface area (Å²) in [5.74, 6) is -0.241. The van der Waals surface area contributed by atoms with Crippen LogP contribution in [0.25, 0.3) is 16.2 Å². The van der Waals surface area contributed by atoms with E-state index < -0.39 is 5.97 Å². The molecule has 3 aromatic heterocycles. The van der Waals surface area contributed by atoms with Crippen molar-refractivity contribution in [2.75, 3.05) is 12.4 Å². The van der Waals surface area contributed by atoms with Crippen LogP contribution in [0.3, 0.4) is 0 Å². The molecule has 4 rings (SSSR count). The summed E-state index contributed by atoms with van der Waals surface area (Å²) in [4.78, 5) is 21.1. The molecule has 25 heavy (non-hydrogen) atoms. The van der Waals surface area contributed by atoms with Gasteiger partial charge in [0.2, 0.25) is 0 Å². The van der Waals surface area contributed by atoms with Gasteiger partial charge in [0, 0.05) is 24.8 Å². The third kappa shape index (κ3) is 2.96. The zero-order valence-electron chi connectivity index (χ0n) is 13.5. The highest BCUT2D eigenvalue weighted by Gasteiger charge is 2.28. The molecular weight excluding hydrogens is 342 g/mol. The maximum absolute atomic E-state index is 11.5. The number of methoxy groups -OCH3 is 1. The summed E-state index contributed by atoms with van der Waals surface area (Å²) in [5, 5.41) is 18.9. The van der Waals surface area contributed by atoms with Gasteiger partial charge in [-0.1, -0.05) is 0 Å². The Labute approximate surface area is 147 Å². The SMILES string of the molecule is CO[C@H]1CCC[C@@H]1Nc1cc(C(=O)O)nc(-c2cnn3ccsc23)n1. The molecule has 0 bridgehead atoms. The Morgan fingerprint density at radius 1 is 1.44 bits per heavy atom. The van der Waals surface area contributed by atoms with Gasteiger partial charge >= 0.3 is 5.97 Å². The number of thiazole rings is 1. The van der Waals surface area contributed by atoms with Gasteiger partial charge in [-0.25, -0.2) is 19.3 Å². The fourth-order valence-electron chi connectivity index (χ4n) is 3.19. The highest BCUT2D eigenvalue weighted by molar-refractivity contribution is 7.16. The Morgan fingerprint density at radius 3 is 3.12 bits per heavy atom. The van der Waals surface area contributed by atoms with Crippen LogP contribution in [-0.2, 0) is 4.74 Å². The van der Waals surface area contributed by atoms with Crippen LogP contribution in [0.15, 0.2) is 23.8 Å². The molecular formula is C16H17N5O3S. The van der Waals surface area contributed by atoms with Gasteiger partial charge in [-0.15, -0.1) is 11.3 Å². The number of nitrogens with zero attached hydrogens (tertiary/aromatic N) is 4. The Bertz CT molecular complexity index is 922. The maximum atomic E-state index is 11.5. The number of hydrogen-bond donors (Lipinski definition) is 2. The molecule has 9 heteroatoms. The van der Waals surface area contributed by atoms with Crippen molar-refractivity contribution in [1.29, 1.82) is 0 Å². The van der Waals surface area contributed by atoms with E-state index in [9.17, 15) is 9.90 Å². The largest absolute Gasteiger partial charge is 0.477 e. The summed E-state index contributed by atoms with van der Waals surface area (Å²) in [6, 6.07) is 1.58. The molecule has 130 valence electrons. The molecule has 0 aromatic carbocycles. The Kier molecular flexibility index (Phi) is 4.10. The molecule has 0 saturated heterocycles. The zero-order chi connectivity index (χ0) is 17.4. The highest BCUT2D eigenvalue weighted by atomic mass is 32.1.